The van der Waals surface area contributed by atoms with Crippen LogP contribution in [-0.2, 0) is 16.1 Å². The Kier molecular flexibility index (Phi) is 7.52. The number of ether oxygens (including phenoxy) is 2. The molecule has 1 aliphatic heterocycles. The molecule has 1 amide bonds. The van der Waals surface area contributed by atoms with E-state index < -0.39 is 11.1 Å². The van der Waals surface area contributed by atoms with E-state index in [-0.39, 0.29) is 17.0 Å². The van der Waals surface area contributed by atoms with Crippen LogP contribution in [0.2, 0.25) is 5.02 Å². The first-order valence-electron chi connectivity index (χ1n) is 10.6. The van der Waals surface area contributed by atoms with Crippen LogP contribution in [0.15, 0.2) is 47.6 Å². The van der Waals surface area contributed by atoms with Gasteiger partial charge in [-0.2, -0.15) is 0 Å². The van der Waals surface area contributed by atoms with Crippen molar-refractivity contribution in [1.29, 1.82) is 0 Å². The summed E-state index contributed by atoms with van der Waals surface area (Å²) in [4.78, 5) is 12.8. The second-order valence-corrected chi connectivity index (χ2v) is 9.37. The van der Waals surface area contributed by atoms with E-state index in [4.69, 9.17) is 21.1 Å². The molecule has 174 valence electrons. The summed E-state index contributed by atoms with van der Waals surface area (Å²) in [6, 6.07) is 11.4. The molecule has 0 unspecified atom stereocenters. The number of thioether (sulfide) groups is 1. The first-order chi connectivity index (χ1) is 15.9. The molecule has 2 heterocycles. The van der Waals surface area contributed by atoms with E-state index in [0.29, 0.717) is 23.2 Å². The number of carbonyl (C=O) groups is 1. The number of methoxy groups -OCH3 is 1. The molecule has 1 fully saturated rings. The molecule has 2 atom stereocenters. The minimum atomic E-state index is -0.498. The molecule has 0 saturated carbocycles. The van der Waals surface area contributed by atoms with Crippen LogP contribution in [0.1, 0.15) is 19.8 Å². The summed E-state index contributed by atoms with van der Waals surface area (Å²) in [6.45, 7) is 3.11. The first-order valence-corrected chi connectivity index (χ1v) is 11.8. The van der Waals surface area contributed by atoms with Gasteiger partial charge in [-0.15, -0.1) is 10.2 Å². The summed E-state index contributed by atoms with van der Waals surface area (Å²) >= 11 is 7.33. The van der Waals surface area contributed by atoms with Gasteiger partial charge in [0, 0.05) is 12.2 Å². The smallest absolute Gasteiger partial charge is 0.237 e. The summed E-state index contributed by atoms with van der Waals surface area (Å²) in [6.07, 6.45) is 2.05. The van der Waals surface area contributed by atoms with Crippen LogP contribution in [-0.4, -0.2) is 45.7 Å². The quantitative estimate of drug-likeness (QED) is 0.445. The van der Waals surface area contributed by atoms with Crippen LogP contribution < -0.4 is 10.1 Å². The van der Waals surface area contributed by atoms with Crippen molar-refractivity contribution in [2.45, 2.75) is 42.8 Å². The molecule has 0 bridgehead atoms. The number of anilines is 1. The van der Waals surface area contributed by atoms with Crippen LogP contribution in [0.4, 0.5) is 10.1 Å². The first kappa shape index (κ1) is 23.5. The van der Waals surface area contributed by atoms with Crippen LogP contribution in [0.3, 0.4) is 0 Å². The third-order valence-corrected chi connectivity index (χ3v) is 6.71. The molecule has 33 heavy (non-hydrogen) atoms. The molecular formula is C23H24ClFN4O3S. The van der Waals surface area contributed by atoms with Gasteiger partial charge in [0.1, 0.15) is 11.6 Å². The van der Waals surface area contributed by atoms with Gasteiger partial charge in [-0.05, 0) is 62.2 Å². The Morgan fingerprint density at radius 3 is 2.79 bits per heavy atom. The molecule has 3 aromatic rings. The van der Waals surface area contributed by atoms with E-state index in [1.165, 1.54) is 23.9 Å². The van der Waals surface area contributed by atoms with E-state index >= 15 is 0 Å². The van der Waals surface area contributed by atoms with E-state index in [1.54, 1.807) is 14.0 Å². The topological polar surface area (TPSA) is 78.3 Å². The Bertz CT molecular complexity index is 1120. The van der Waals surface area contributed by atoms with Gasteiger partial charge >= 0.3 is 0 Å². The fourth-order valence-electron chi connectivity index (χ4n) is 3.52. The van der Waals surface area contributed by atoms with E-state index in [2.05, 4.69) is 15.5 Å². The Labute approximate surface area is 200 Å². The molecule has 0 spiro atoms. The minimum absolute atomic E-state index is 0.0690. The summed E-state index contributed by atoms with van der Waals surface area (Å²) < 4.78 is 26.4. The van der Waals surface area contributed by atoms with Crippen molar-refractivity contribution >= 4 is 35.0 Å². The van der Waals surface area contributed by atoms with Crippen molar-refractivity contribution < 1.29 is 18.7 Å². The van der Waals surface area contributed by atoms with Gasteiger partial charge in [-0.1, -0.05) is 23.4 Å². The predicted molar refractivity (Wildman–Crippen MR) is 126 cm³/mol. The monoisotopic (exact) mass is 490 g/mol. The van der Waals surface area contributed by atoms with Crippen molar-refractivity contribution in [2.75, 3.05) is 19.0 Å². The van der Waals surface area contributed by atoms with Gasteiger partial charge in [0.2, 0.25) is 5.91 Å². The van der Waals surface area contributed by atoms with Crippen molar-refractivity contribution in [3.63, 3.8) is 0 Å². The normalized spacial score (nSPS) is 16.5. The fourth-order valence-corrected chi connectivity index (χ4v) is 4.60. The number of rotatable bonds is 8. The van der Waals surface area contributed by atoms with Gasteiger partial charge in [0.25, 0.3) is 0 Å². The third-order valence-electron chi connectivity index (χ3n) is 5.32. The molecular weight excluding hydrogens is 467 g/mol. The lowest BCUT2D eigenvalue weighted by molar-refractivity contribution is -0.115. The summed E-state index contributed by atoms with van der Waals surface area (Å²) in [5, 5.41) is 11.8. The number of nitrogens with zero attached hydrogens (tertiary/aromatic N) is 3. The highest BCUT2D eigenvalue weighted by Crippen LogP contribution is 2.31. The fraction of sp³-hybridized carbons (Fsp3) is 0.348. The number of halogens is 2. The number of aromatic nitrogens is 3. The van der Waals surface area contributed by atoms with Gasteiger partial charge in [-0.3, -0.25) is 9.36 Å². The average molecular weight is 491 g/mol. The molecule has 1 saturated heterocycles. The Morgan fingerprint density at radius 1 is 1.33 bits per heavy atom. The van der Waals surface area contributed by atoms with E-state index in [0.717, 1.165) is 36.8 Å². The van der Waals surface area contributed by atoms with Crippen molar-refractivity contribution in [2.24, 2.45) is 0 Å². The summed E-state index contributed by atoms with van der Waals surface area (Å²) in [5.41, 5.74) is 1.25. The largest absolute Gasteiger partial charge is 0.497 e. The molecule has 0 radical (unpaired) electrons. The number of carbonyl (C=O) groups excluding carboxylic acids is 1. The number of hydrogen-bond acceptors (Lipinski definition) is 6. The van der Waals surface area contributed by atoms with Crippen molar-refractivity contribution in [3.05, 3.63) is 53.3 Å². The zero-order valence-electron chi connectivity index (χ0n) is 18.3. The van der Waals surface area contributed by atoms with Gasteiger partial charge in [-0.25, -0.2) is 4.39 Å². The lowest BCUT2D eigenvalue weighted by Crippen LogP contribution is -2.24. The highest BCUT2D eigenvalue weighted by Gasteiger charge is 2.25. The van der Waals surface area contributed by atoms with Gasteiger partial charge in [0.05, 0.1) is 35.7 Å². The average Bonchev–Trinajstić information content (AvgIpc) is 3.46. The number of nitrogens with one attached hydrogen (secondary N) is 1. The number of hydrogen-bond donors (Lipinski definition) is 1. The minimum Gasteiger partial charge on any atom is -0.497 e. The van der Waals surface area contributed by atoms with E-state index in [9.17, 15) is 9.18 Å². The summed E-state index contributed by atoms with van der Waals surface area (Å²) in [7, 11) is 1.62. The second-order valence-electron chi connectivity index (χ2n) is 7.65. The van der Waals surface area contributed by atoms with E-state index in [1.807, 2.05) is 28.8 Å². The highest BCUT2D eigenvalue weighted by atomic mass is 35.5. The van der Waals surface area contributed by atoms with Gasteiger partial charge in [0.15, 0.2) is 11.0 Å². The number of amides is 1. The lowest BCUT2D eigenvalue weighted by atomic mass is 10.2. The molecule has 2 aromatic carbocycles. The van der Waals surface area contributed by atoms with Crippen LogP contribution in [0.25, 0.3) is 11.4 Å². The summed E-state index contributed by atoms with van der Waals surface area (Å²) in [5.74, 6) is 0.716. The van der Waals surface area contributed by atoms with Crippen molar-refractivity contribution in [3.8, 4) is 17.1 Å². The maximum Gasteiger partial charge on any atom is 0.237 e. The highest BCUT2D eigenvalue weighted by molar-refractivity contribution is 8.00. The standard InChI is InChI=1S/C23H24ClFN4O3S/c1-14(22(30)26-20-10-7-16(25)12-19(20)24)33-23-28-27-21(15-5-8-17(31-2)9-6-15)29(23)13-18-4-3-11-32-18/h5-10,12,14,18H,3-4,11,13H2,1-2H3,(H,26,30)/t14-,18+/m0/s1. The lowest BCUT2D eigenvalue weighted by Gasteiger charge is -2.17. The van der Waals surface area contributed by atoms with Gasteiger partial charge < -0.3 is 14.8 Å². The third kappa shape index (κ3) is 5.66. The van der Waals surface area contributed by atoms with Crippen LogP contribution in [0, 0.1) is 5.82 Å². The predicted octanol–water partition coefficient (Wildman–Crippen LogP) is 5.04. The second kappa shape index (κ2) is 10.5. The molecule has 10 heteroatoms. The van der Waals surface area contributed by atoms with Crippen LogP contribution in [0.5, 0.6) is 5.75 Å². The molecule has 1 aliphatic rings. The molecule has 7 nitrogen and oxygen atoms in total. The zero-order chi connectivity index (χ0) is 23.4. The molecule has 1 N–H and O–H groups in total. The Morgan fingerprint density at radius 2 is 2.12 bits per heavy atom. The molecule has 1 aromatic heterocycles. The molecule has 4 rings (SSSR count). The van der Waals surface area contributed by atoms with Crippen LogP contribution >= 0.6 is 23.4 Å². The molecule has 0 aliphatic carbocycles. The maximum atomic E-state index is 13.3. The SMILES string of the molecule is COc1ccc(-c2nnc(S[C@@H](C)C(=O)Nc3ccc(F)cc3Cl)n2C[C@H]2CCCO2)cc1. The number of benzene rings is 2. The van der Waals surface area contributed by atoms with Crippen molar-refractivity contribution in [1.82, 2.24) is 14.8 Å². The Balaban J connectivity index is 1.55. The maximum absolute atomic E-state index is 13.3. The zero-order valence-corrected chi connectivity index (χ0v) is 19.8. The Hall–Kier alpha value is -2.62.